The van der Waals surface area contributed by atoms with Gasteiger partial charge in [-0.2, -0.15) is 0 Å². The van der Waals surface area contributed by atoms with Gasteiger partial charge in [0.1, 0.15) is 11.8 Å². The number of thiophene rings is 1. The SMILES string of the molecule is CCC(C)(C)NC(=O)[C@@H](c1cccc(OC)c1)N(Cc1ccc(Cl)cc1)C(=O)CNC(=O)c1cccs1. The molecule has 1 atom stereocenters. The van der Waals surface area contributed by atoms with Crippen molar-refractivity contribution in [3.8, 4) is 5.75 Å². The average molecular weight is 542 g/mol. The van der Waals surface area contributed by atoms with Gasteiger partial charge in [-0.05, 0) is 67.1 Å². The lowest BCUT2D eigenvalue weighted by atomic mass is 9.98. The first-order valence-electron chi connectivity index (χ1n) is 11.9. The molecule has 3 amide bonds. The molecule has 1 aromatic heterocycles. The van der Waals surface area contributed by atoms with Crippen LogP contribution in [0.1, 0.15) is 54.0 Å². The number of benzene rings is 2. The number of amides is 3. The zero-order valence-electron chi connectivity index (χ0n) is 21.4. The first kappa shape index (κ1) is 28.2. The zero-order chi connectivity index (χ0) is 27.0. The van der Waals surface area contributed by atoms with Gasteiger partial charge >= 0.3 is 0 Å². The highest BCUT2D eigenvalue weighted by molar-refractivity contribution is 7.12. The summed E-state index contributed by atoms with van der Waals surface area (Å²) in [5.74, 6) is -0.511. The van der Waals surface area contributed by atoms with Crippen LogP contribution in [0.3, 0.4) is 0 Å². The molecule has 2 aromatic carbocycles. The van der Waals surface area contributed by atoms with Crippen LogP contribution in [0.25, 0.3) is 0 Å². The van der Waals surface area contributed by atoms with Crippen LogP contribution in [-0.2, 0) is 16.1 Å². The van der Waals surface area contributed by atoms with Crippen molar-refractivity contribution < 1.29 is 19.1 Å². The zero-order valence-corrected chi connectivity index (χ0v) is 23.0. The van der Waals surface area contributed by atoms with Crippen LogP contribution in [-0.4, -0.2) is 41.8 Å². The molecule has 0 spiro atoms. The minimum absolute atomic E-state index is 0.132. The fourth-order valence-electron chi connectivity index (χ4n) is 3.64. The Bertz CT molecular complexity index is 1210. The van der Waals surface area contributed by atoms with Gasteiger partial charge in [0.15, 0.2) is 0 Å². The lowest BCUT2D eigenvalue weighted by Crippen LogP contribution is -2.51. The van der Waals surface area contributed by atoms with Crippen LogP contribution >= 0.6 is 22.9 Å². The summed E-state index contributed by atoms with van der Waals surface area (Å²) in [6, 6.07) is 16.7. The smallest absolute Gasteiger partial charge is 0.261 e. The van der Waals surface area contributed by atoms with Crippen molar-refractivity contribution in [3.05, 3.63) is 87.1 Å². The topological polar surface area (TPSA) is 87.7 Å². The number of hydrogen-bond donors (Lipinski definition) is 2. The van der Waals surface area contributed by atoms with E-state index in [0.29, 0.717) is 27.6 Å². The van der Waals surface area contributed by atoms with E-state index in [9.17, 15) is 14.4 Å². The molecule has 0 aliphatic carbocycles. The molecule has 37 heavy (non-hydrogen) atoms. The first-order chi connectivity index (χ1) is 17.6. The number of nitrogens with zero attached hydrogens (tertiary/aromatic N) is 1. The second-order valence-electron chi connectivity index (χ2n) is 9.21. The number of nitrogens with one attached hydrogen (secondary N) is 2. The summed E-state index contributed by atoms with van der Waals surface area (Å²) in [4.78, 5) is 42.0. The van der Waals surface area contributed by atoms with Gasteiger partial charge in [0.2, 0.25) is 11.8 Å². The summed E-state index contributed by atoms with van der Waals surface area (Å²) >= 11 is 7.36. The monoisotopic (exact) mass is 541 g/mol. The summed E-state index contributed by atoms with van der Waals surface area (Å²) in [5.41, 5.74) is 0.893. The molecule has 196 valence electrons. The van der Waals surface area contributed by atoms with Crippen LogP contribution in [0.2, 0.25) is 5.02 Å². The Morgan fingerprint density at radius 2 is 1.81 bits per heavy atom. The Morgan fingerprint density at radius 1 is 1.08 bits per heavy atom. The lowest BCUT2D eigenvalue weighted by Gasteiger charge is -2.35. The van der Waals surface area contributed by atoms with Crippen molar-refractivity contribution in [1.29, 1.82) is 0 Å². The molecular weight excluding hydrogens is 510 g/mol. The highest BCUT2D eigenvalue weighted by Crippen LogP contribution is 2.28. The fraction of sp³-hybridized carbons (Fsp3) is 0.321. The quantitative estimate of drug-likeness (QED) is 0.348. The molecule has 3 rings (SSSR count). The van der Waals surface area contributed by atoms with Gasteiger partial charge in [-0.15, -0.1) is 11.3 Å². The molecule has 7 nitrogen and oxygen atoms in total. The van der Waals surface area contributed by atoms with E-state index >= 15 is 0 Å². The fourth-order valence-corrected chi connectivity index (χ4v) is 4.40. The summed E-state index contributed by atoms with van der Waals surface area (Å²) in [7, 11) is 1.55. The molecule has 0 aliphatic rings. The van der Waals surface area contributed by atoms with Crippen LogP contribution in [0.15, 0.2) is 66.0 Å². The van der Waals surface area contributed by atoms with Gasteiger partial charge in [-0.25, -0.2) is 0 Å². The van der Waals surface area contributed by atoms with Crippen LogP contribution < -0.4 is 15.4 Å². The van der Waals surface area contributed by atoms with Crippen molar-refractivity contribution in [3.63, 3.8) is 0 Å². The van der Waals surface area contributed by atoms with Crippen LogP contribution in [0.5, 0.6) is 5.75 Å². The molecule has 3 aromatic rings. The number of ether oxygens (including phenoxy) is 1. The number of hydrogen-bond acceptors (Lipinski definition) is 5. The molecule has 0 fully saturated rings. The Labute approximate surface area is 226 Å². The Morgan fingerprint density at radius 3 is 2.43 bits per heavy atom. The second-order valence-corrected chi connectivity index (χ2v) is 10.6. The molecule has 0 radical (unpaired) electrons. The minimum atomic E-state index is -0.970. The molecule has 2 N–H and O–H groups in total. The molecule has 0 saturated carbocycles. The molecule has 1 heterocycles. The highest BCUT2D eigenvalue weighted by Gasteiger charge is 2.34. The van der Waals surface area contributed by atoms with Gasteiger partial charge in [0.25, 0.3) is 5.91 Å². The van der Waals surface area contributed by atoms with Crippen molar-refractivity contribution >= 4 is 40.7 Å². The van der Waals surface area contributed by atoms with Gasteiger partial charge in [-0.1, -0.05) is 48.9 Å². The maximum atomic E-state index is 13.8. The summed E-state index contributed by atoms with van der Waals surface area (Å²) < 4.78 is 5.39. The molecule has 0 saturated heterocycles. The highest BCUT2D eigenvalue weighted by atomic mass is 35.5. The third-order valence-electron chi connectivity index (χ3n) is 6.05. The number of carbonyl (C=O) groups excluding carboxylic acids is 3. The van der Waals surface area contributed by atoms with Crippen molar-refractivity contribution in [1.82, 2.24) is 15.5 Å². The van der Waals surface area contributed by atoms with E-state index in [1.165, 1.54) is 16.2 Å². The van der Waals surface area contributed by atoms with E-state index in [0.717, 1.165) is 5.56 Å². The third kappa shape index (κ3) is 7.81. The first-order valence-corrected chi connectivity index (χ1v) is 13.2. The standard InChI is InChI=1S/C28H32ClN3O4S/c1-5-28(2,3)31-27(35)25(20-8-6-9-22(16-20)36-4)32(18-19-11-13-21(29)14-12-19)24(33)17-30-26(34)23-10-7-15-37-23/h6-16,25H,5,17-18H2,1-4H3,(H,30,34)(H,31,35)/t25-/m1/s1. The van der Waals surface area contributed by atoms with Gasteiger partial charge in [0, 0.05) is 17.1 Å². The number of halogens is 1. The summed E-state index contributed by atoms with van der Waals surface area (Å²) in [5, 5.41) is 8.13. The minimum Gasteiger partial charge on any atom is -0.497 e. The Kier molecular flexibility index (Phi) is 9.72. The average Bonchev–Trinajstić information content (AvgIpc) is 3.43. The summed E-state index contributed by atoms with van der Waals surface area (Å²) in [6.45, 7) is 5.71. The molecule has 9 heteroatoms. The number of methoxy groups -OCH3 is 1. The Hall–Kier alpha value is -3.36. The lowest BCUT2D eigenvalue weighted by molar-refractivity contribution is -0.141. The van der Waals surface area contributed by atoms with Gasteiger partial charge < -0.3 is 20.3 Å². The predicted octanol–water partition coefficient (Wildman–Crippen LogP) is 5.21. The van der Waals surface area contributed by atoms with Crippen molar-refractivity contribution in [2.45, 2.75) is 45.3 Å². The van der Waals surface area contributed by atoms with Crippen molar-refractivity contribution in [2.75, 3.05) is 13.7 Å². The maximum absolute atomic E-state index is 13.8. The van der Waals surface area contributed by atoms with E-state index < -0.39 is 17.5 Å². The summed E-state index contributed by atoms with van der Waals surface area (Å²) in [6.07, 6.45) is 0.700. The number of rotatable bonds is 11. The van der Waals surface area contributed by atoms with Gasteiger partial charge in [-0.3, -0.25) is 14.4 Å². The third-order valence-corrected chi connectivity index (χ3v) is 7.17. The molecule has 0 aliphatic heterocycles. The molecule has 0 bridgehead atoms. The number of carbonyl (C=O) groups is 3. The van der Waals surface area contributed by atoms with E-state index in [1.54, 1.807) is 61.0 Å². The van der Waals surface area contributed by atoms with E-state index in [1.807, 2.05) is 32.9 Å². The van der Waals surface area contributed by atoms with Crippen LogP contribution in [0.4, 0.5) is 0 Å². The molecular formula is C28H32ClN3O4S. The van der Waals surface area contributed by atoms with E-state index in [4.69, 9.17) is 16.3 Å². The molecule has 0 unspecified atom stereocenters. The Balaban J connectivity index is 2.00. The van der Waals surface area contributed by atoms with E-state index in [-0.39, 0.29) is 24.9 Å². The second kappa shape index (κ2) is 12.7. The van der Waals surface area contributed by atoms with Crippen molar-refractivity contribution in [2.24, 2.45) is 0 Å². The maximum Gasteiger partial charge on any atom is 0.261 e. The predicted molar refractivity (Wildman–Crippen MR) is 147 cm³/mol. The van der Waals surface area contributed by atoms with Gasteiger partial charge in [0.05, 0.1) is 18.5 Å². The largest absolute Gasteiger partial charge is 0.497 e. The normalized spacial score (nSPS) is 11.9. The van der Waals surface area contributed by atoms with Crippen LogP contribution in [0, 0.1) is 0 Å². The van der Waals surface area contributed by atoms with E-state index in [2.05, 4.69) is 10.6 Å².